The summed E-state index contributed by atoms with van der Waals surface area (Å²) in [4.78, 5) is 12.8. The van der Waals surface area contributed by atoms with Gasteiger partial charge in [0.1, 0.15) is 0 Å². The zero-order chi connectivity index (χ0) is 24.2. The summed E-state index contributed by atoms with van der Waals surface area (Å²) in [6, 6.07) is 40.4. The highest BCUT2D eigenvalue weighted by molar-refractivity contribution is 5.89. The van der Waals surface area contributed by atoms with Gasteiger partial charge in [-0.1, -0.05) is 66.7 Å². The van der Waals surface area contributed by atoms with Gasteiger partial charge in [0.2, 0.25) is 0 Å². The number of hydrogen-bond donors (Lipinski definition) is 0. The highest BCUT2D eigenvalue weighted by atomic mass is 16.6. The maximum Gasteiger partial charge on any atom is 0.269 e. The molecule has 0 aromatic heterocycles. The number of rotatable bonds is 6. The van der Waals surface area contributed by atoms with Gasteiger partial charge in [0.15, 0.2) is 0 Å². The predicted molar refractivity (Wildman–Crippen MR) is 145 cm³/mol. The van der Waals surface area contributed by atoms with Crippen LogP contribution < -0.4 is 4.90 Å². The van der Waals surface area contributed by atoms with Gasteiger partial charge in [-0.3, -0.25) is 10.1 Å². The van der Waals surface area contributed by atoms with Crippen LogP contribution in [-0.2, 0) is 0 Å². The Morgan fingerprint density at radius 1 is 0.686 bits per heavy atom. The zero-order valence-corrected chi connectivity index (χ0v) is 19.3. The van der Waals surface area contributed by atoms with E-state index in [-0.39, 0.29) is 10.6 Å². The van der Waals surface area contributed by atoms with Crippen LogP contribution >= 0.6 is 0 Å². The number of non-ortho nitro benzene ring substituents is 1. The van der Waals surface area contributed by atoms with Crippen molar-refractivity contribution in [2.24, 2.45) is 0 Å². The molecule has 170 valence electrons. The lowest BCUT2D eigenvalue weighted by molar-refractivity contribution is -0.384. The molecule has 35 heavy (non-hydrogen) atoms. The van der Waals surface area contributed by atoms with Gasteiger partial charge in [0.05, 0.1) is 4.92 Å². The molecule has 5 aromatic rings. The summed E-state index contributed by atoms with van der Waals surface area (Å²) in [6.45, 7) is 2.05. The molecule has 0 bridgehead atoms. The molecule has 0 radical (unpaired) electrons. The molecule has 4 heteroatoms. The van der Waals surface area contributed by atoms with Gasteiger partial charge in [-0.25, -0.2) is 0 Å². The first-order valence-electron chi connectivity index (χ1n) is 11.5. The van der Waals surface area contributed by atoms with E-state index in [4.69, 9.17) is 0 Å². The summed E-state index contributed by atoms with van der Waals surface area (Å²) in [5.74, 6) is 0. The number of nitro groups is 1. The zero-order valence-electron chi connectivity index (χ0n) is 19.3. The molecule has 0 aliphatic carbocycles. The summed E-state index contributed by atoms with van der Waals surface area (Å²) < 4.78 is 0. The third kappa shape index (κ3) is 4.82. The topological polar surface area (TPSA) is 46.4 Å². The van der Waals surface area contributed by atoms with E-state index in [2.05, 4.69) is 103 Å². The van der Waals surface area contributed by atoms with E-state index in [1.165, 1.54) is 22.9 Å². The standard InChI is InChI=1S/C31H24N2O2/c1-23(21-24-11-16-30(17-12-24)33(34)35)25-13-18-29(19-14-25)32(28-9-3-2-4-10-28)31-20-15-26-7-5-6-8-27(26)22-31/h2-22H,1H3/b23-21-. The molecule has 0 aliphatic heterocycles. The molecular formula is C31H24N2O2. The Bertz CT molecular complexity index is 1510. The Labute approximate surface area is 204 Å². The van der Waals surface area contributed by atoms with E-state index in [1.807, 2.05) is 12.1 Å². The average molecular weight is 457 g/mol. The fourth-order valence-corrected chi connectivity index (χ4v) is 4.24. The number of hydrogen-bond acceptors (Lipinski definition) is 3. The Morgan fingerprint density at radius 2 is 1.29 bits per heavy atom. The number of allylic oxidation sites excluding steroid dienone is 1. The molecule has 0 unspecified atom stereocenters. The highest BCUT2D eigenvalue weighted by Gasteiger charge is 2.13. The average Bonchev–Trinajstić information content (AvgIpc) is 2.90. The highest BCUT2D eigenvalue weighted by Crippen LogP contribution is 2.36. The lowest BCUT2D eigenvalue weighted by Gasteiger charge is -2.26. The van der Waals surface area contributed by atoms with Gasteiger partial charge in [-0.2, -0.15) is 0 Å². The summed E-state index contributed by atoms with van der Waals surface area (Å²) in [5.41, 5.74) is 6.46. The maximum atomic E-state index is 10.9. The molecule has 0 fully saturated rings. The molecule has 5 rings (SSSR count). The summed E-state index contributed by atoms with van der Waals surface area (Å²) in [6.07, 6.45) is 2.04. The van der Waals surface area contributed by atoms with Crippen LogP contribution in [0.25, 0.3) is 22.4 Å². The second kappa shape index (κ2) is 9.65. The second-order valence-electron chi connectivity index (χ2n) is 8.43. The number of nitro benzene ring substituents is 1. The molecule has 0 saturated carbocycles. The fraction of sp³-hybridized carbons (Fsp3) is 0.0323. The van der Waals surface area contributed by atoms with E-state index in [0.717, 1.165) is 33.8 Å². The fourth-order valence-electron chi connectivity index (χ4n) is 4.24. The smallest absolute Gasteiger partial charge is 0.269 e. The largest absolute Gasteiger partial charge is 0.310 e. The minimum absolute atomic E-state index is 0.0962. The molecule has 0 heterocycles. The van der Waals surface area contributed by atoms with Crippen LogP contribution in [-0.4, -0.2) is 4.92 Å². The minimum Gasteiger partial charge on any atom is -0.310 e. The van der Waals surface area contributed by atoms with Gasteiger partial charge in [-0.05, 0) is 82.9 Å². The van der Waals surface area contributed by atoms with Crippen LogP contribution in [0, 0.1) is 10.1 Å². The van der Waals surface area contributed by atoms with E-state index in [0.29, 0.717) is 0 Å². The SMILES string of the molecule is C/C(=C/c1ccc([N+](=O)[O-])cc1)c1ccc(N(c2ccccc2)c2ccc3ccccc3c2)cc1. The van der Waals surface area contributed by atoms with E-state index >= 15 is 0 Å². The predicted octanol–water partition coefficient (Wildman–Crippen LogP) is 8.78. The van der Waals surface area contributed by atoms with Crippen LogP contribution in [0.1, 0.15) is 18.1 Å². The molecule has 0 N–H and O–H groups in total. The molecule has 0 saturated heterocycles. The van der Waals surface area contributed by atoms with Gasteiger partial charge in [0, 0.05) is 29.2 Å². The number of fused-ring (bicyclic) bond motifs is 1. The van der Waals surface area contributed by atoms with Crippen LogP contribution in [0.3, 0.4) is 0 Å². The third-order valence-electron chi connectivity index (χ3n) is 6.07. The van der Waals surface area contributed by atoms with E-state index < -0.39 is 0 Å². The quantitative estimate of drug-likeness (QED) is 0.146. The summed E-state index contributed by atoms with van der Waals surface area (Å²) >= 11 is 0. The Kier molecular flexibility index (Phi) is 6.10. The Hall–Kier alpha value is -4.70. The first-order valence-corrected chi connectivity index (χ1v) is 11.5. The Balaban J connectivity index is 1.49. The lowest BCUT2D eigenvalue weighted by atomic mass is 10.0. The van der Waals surface area contributed by atoms with Crippen molar-refractivity contribution in [1.82, 2.24) is 0 Å². The van der Waals surface area contributed by atoms with Crippen molar-refractivity contribution in [1.29, 1.82) is 0 Å². The third-order valence-corrected chi connectivity index (χ3v) is 6.07. The van der Waals surface area contributed by atoms with Crippen LogP contribution in [0.4, 0.5) is 22.7 Å². The van der Waals surface area contributed by atoms with Crippen molar-refractivity contribution in [3.05, 3.63) is 143 Å². The number of anilines is 3. The van der Waals surface area contributed by atoms with Gasteiger partial charge >= 0.3 is 0 Å². The number of benzene rings is 5. The second-order valence-corrected chi connectivity index (χ2v) is 8.43. The maximum absolute atomic E-state index is 10.9. The lowest BCUT2D eigenvalue weighted by Crippen LogP contribution is -2.09. The van der Waals surface area contributed by atoms with Crippen molar-refractivity contribution >= 4 is 45.2 Å². The van der Waals surface area contributed by atoms with Gasteiger partial charge < -0.3 is 4.90 Å². The first kappa shape index (κ1) is 22.1. The normalized spacial score (nSPS) is 11.4. The molecule has 0 amide bonds. The molecule has 5 aromatic carbocycles. The molecular weight excluding hydrogens is 432 g/mol. The molecule has 4 nitrogen and oxygen atoms in total. The van der Waals surface area contributed by atoms with Gasteiger partial charge in [0.25, 0.3) is 5.69 Å². The van der Waals surface area contributed by atoms with Crippen molar-refractivity contribution in [3.8, 4) is 0 Å². The summed E-state index contributed by atoms with van der Waals surface area (Å²) in [7, 11) is 0. The Morgan fingerprint density at radius 3 is 1.97 bits per heavy atom. The van der Waals surface area contributed by atoms with Crippen LogP contribution in [0.15, 0.2) is 121 Å². The van der Waals surface area contributed by atoms with Crippen molar-refractivity contribution in [3.63, 3.8) is 0 Å². The first-order chi connectivity index (χ1) is 17.1. The number of nitrogens with zero attached hydrogens (tertiary/aromatic N) is 2. The van der Waals surface area contributed by atoms with Crippen molar-refractivity contribution < 1.29 is 4.92 Å². The van der Waals surface area contributed by atoms with Gasteiger partial charge in [-0.15, -0.1) is 0 Å². The monoisotopic (exact) mass is 456 g/mol. The van der Waals surface area contributed by atoms with E-state index in [9.17, 15) is 10.1 Å². The van der Waals surface area contributed by atoms with Crippen LogP contribution in [0.2, 0.25) is 0 Å². The summed E-state index contributed by atoms with van der Waals surface area (Å²) in [5, 5.41) is 13.3. The van der Waals surface area contributed by atoms with Crippen LogP contribution in [0.5, 0.6) is 0 Å². The molecule has 0 aliphatic rings. The van der Waals surface area contributed by atoms with Crippen molar-refractivity contribution in [2.75, 3.05) is 4.90 Å². The number of para-hydroxylation sites is 1. The van der Waals surface area contributed by atoms with Crippen molar-refractivity contribution in [2.45, 2.75) is 6.92 Å². The molecule has 0 spiro atoms. The minimum atomic E-state index is -0.382. The molecule has 0 atom stereocenters. The van der Waals surface area contributed by atoms with E-state index in [1.54, 1.807) is 12.1 Å².